The first-order valence-corrected chi connectivity index (χ1v) is 6.09. The summed E-state index contributed by atoms with van der Waals surface area (Å²) in [6.07, 6.45) is 0. The van der Waals surface area contributed by atoms with E-state index in [4.69, 9.17) is 5.11 Å². The first-order valence-electron chi connectivity index (χ1n) is 6.09. The summed E-state index contributed by atoms with van der Waals surface area (Å²) in [7, 11) is 3.62. The van der Waals surface area contributed by atoms with E-state index in [9.17, 15) is 9.59 Å². The van der Waals surface area contributed by atoms with Gasteiger partial charge in [0.1, 0.15) is 0 Å². The highest BCUT2D eigenvalue weighted by atomic mass is 16.4. The Morgan fingerprint density at radius 3 is 2.00 bits per heavy atom. The van der Waals surface area contributed by atoms with Crippen molar-refractivity contribution in [1.82, 2.24) is 9.80 Å². The molecule has 0 radical (unpaired) electrons. The minimum atomic E-state index is -0.859. The van der Waals surface area contributed by atoms with Gasteiger partial charge in [-0.05, 0) is 25.5 Å². The van der Waals surface area contributed by atoms with Crippen LogP contribution in [0.1, 0.15) is 21.5 Å². The van der Waals surface area contributed by atoms with Crippen LogP contribution < -0.4 is 0 Å². The van der Waals surface area contributed by atoms with Gasteiger partial charge < -0.3 is 14.9 Å². The van der Waals surface area contributed by atoms with Gasteiger partial charge in [0.2, 0.25) is 0 Å². The number of carbonyl (C=O) groups is 2. The van der Waals surface area contributed by atoms with Crippen molar-refractivity contribution in [3.63, 3.8) is 0 Å². The van der Waals surface area contributed by atoms with Crippen LogP contribution in [-0.2, 0) is 0 Å². The van der Waals surface area contributed by atoms with Crippen LogP contribution in [0.25, 0.3) is 0 Å². The molecule has 0 saturated carbocycles. The number of likely N-dealkylation sites (N-methyl/N-ethyl adjacent to an activating group) is 2. The molecule has 5 heteroatoms. The summed E-state index contributed by atoms with van der Waals surface area (Å²) < 4.78 is 0. The van der Waals surface area contributed by atoms with Gasteiger partial charge in [-0.1, -0.05) is 17.7 Å². The van der Waals surface area contributed by atoms with Gasteiger partial charge in [-0.2, -0.15) is 0 Å². The Morgan fingerprint density at radius 1 is 1.16 bits per heavy atom. The summed E-state index contributed by atoms with van der Waals surface area (Å²) in [4.78, 5) is 24.7. The lowest BCUT2D eigenvalue weighted by Crippen LogP contribution is -2.25. The Morgan fingerprint density at radius 2 is 1.68 bits per heavy atom. The number of benzene rings is 1. The van der Waals surface area contributed by atoms with Crippen LogP contribution in [0.3, 0.4) is 0 Å². The van der Waals surface area contributed by atoms with Gasteiger partial charge >= 0.3 is 12.0 Å². The van der Waals surface area contributed by atoms with E-state index in [1.165, 1.54) is 0 Å². The summed E-state index contributed by atoms with van der Waals surface area (Å²) in [6.45, 7) is 5.49. The largest absolute Gasteiger partial charge is 0.478 e. The maximum atomic E-state index is 10.8. The van der Waals surface area contributed by atoms with Gasteiger partial charge in [-0.15, -0.1) is 0 Å². The van der Waals surface area contributed by atoms with E-state index in [0.29, 0.717) is 5.56 Å². The van der Waals surface area contributed by atoms with Gasteiger partial charge in [-0.3, -0.25) is 0 Å². The molecule has 5 nitrogen and oxygen atoms in total. The molecule has 0 bridgehead atoms. The van der Waals surface area contributed by atoms with Crippen molar-refractivity contribution in [2.24, 2.45) is 0 Å². The average Bonchev–Trinajstić information content (AvgIpc) is 2.61. The number of rotatable bonds is 1. The molecule has 1 aliphatic rings. The molecule has 0 aromatic heterocycles. The van der Waals surface area contributed by atoms with Crippen molar-refractivity contribution in [3.05, 3.63) is 34.9 Å². The molecule has 1 fully saturated rings. The van der Waals surface area contributed by atoms with Crippen LogP contribution in [0.4, 0.5) is 4.79 Å². The summed E-state index contributed by atoms with van der Waals surface area (Å²) in [5.74, 6) is -0.859. The van der Waals surface area contributed by atoms with Crippen LogP contribution in [0, 0.1) is 13.8 Å². The number of carboxylic acid groups (broad SMARTS) is 1. The fraction of sp³-hybridized carbons (Fsp3) is 0.429. The van der Waals surface area contributed by atoms with Crippen molar-refractivity contribution in [1.29, 1.82) is 0 Å². The molecular formula is C14H20N2O3. The lowest BCUT2D eigenvalue weighted by Gasteiger charge is -2.07. The number of aryl methyl sites for hydroxylation is 2. The SMILES string of the molecule is CN1CCN(C)C1=O.Cc1ccc(C(=O)O)c(C)c1. The molecule has 1 N–H and O–H groups in total. The predicted octanol–water partition coefficient (Wildman–Crippen LogP) is 1.99. The van der Waals surface area contributed by atoms with Gasteiger partial charge in [-0.25, -0.2) is 9.59 Å². The number of aromatic carboxylic acids is 1. The van der Waals surface area contributed by atoms with Gasteiger partial charge in [0, 0.05) is 27.2 Å². The molecule has 0 spiro atoms. The Kier molecular flexibility index (Phi) is 4.92. The molecular weight excluding hydrogens is 244 g/mol. The topological polar surface area (TPSA) is 60.9 Å². The fourth-order valence-corrected chi connectivity index (χ4v) is 1.84. The van der Waals surface area contributed by atoms with Gasteiger partial charge in [0.15, 0.2) is 0 Å². The molecule has 0 aliphatic carbocycles. The van der Waals surface area contributed by atoms with Crippen LogP contribution in [0.15, 0.2) is 18.2 Å². The van der Waals surface area contributed by atoms with E-state index in [2.05, 4.69) is 0 Å². The summed E-state index contributed by atoms with van der Waals surface area (Å²) in [5, 5.41) is 8.66. The van der Waals surface area contributed by atoms with Gasteiger partial charge in [0.05, 0.1) is 5.56 Å². The number of nitrogens with zero attached hydrogens (tertiary/aromatic N) is 2. The van der Waals surface area contributed by atoms with E-state index in [-0.39, 0.29) is 6.03 Å². The molecule has 1 aromatic carbocycles. The number of carboxylic acids is 1. The quantitative estimate of drug-likeness (QED) is 0.843. The highest BCUT2D eigenvalue weighted by molar-refractivity contribution is 5.89. The number of amides is 2. The first kappa shape index (κ1) is 15.0. The third kappa shape index (κ3) is 3.98. The Balaban J connectivity index is 0.000000200. The van der Waals surface area contributed by atoms with E-state index in [0.717, 1.165) is 24.2 Å². The zero-order chi connectivity index (χ0) is 14.6. The smallest absolute Gasteiger partial charge is 0.335 e. The van der Waals surface area contributed by atoms with Crippen molar-refractivity contribution < 1.29 is 14.7 Å². The second-order valence-electron chi connectivity index (χ2n) is 4.75. The number of carbonyl (C=O) groups excluding carboxylic acids is 1. The van der Waals surface area contributed by atoms with Crippen LogP contribution in [0.5, 0.6) is 0 Å². The standard InChI is InChI=1S/C9H10O2.C5H10N2O/c1-6-3-4-8(9(10)11)7(2)5-6;1-6-3-4-7(2)5(6)8/h3-5H,1-2H3,(H,10,11);3-4H2,1-2H3. The second kappa shape index (κ2) is 6.22. The molecule has 1 saturated heterocycles. The zero-order valence-electron chi connectivity index (χ0n) is 11.8. The lowest BCUT2D eigenvalue weighted by atomic mass is 10.1. The third-order valence-corrected chi connectivity index (χ3v) is 3.04. The molecule has 2 amide bonds. The average molecular weight is 264 g/mol. The normalized spacial score (nSPS) is 14.2. The monoisotopic (exact) mass is 264 g/mol. The minimum absolute atomic E-state index is 0.130. The Labute approximate surface area is 113 Å². The highest BCUT2D eigenvalue weighted by Crippen LogP contribution is 2.09. The molecule has 2 rings (SSSR count). The van der Waals surface area contributed by atoms with Crippen LogP contribution in [0.2, 0.25) is 0 Å². The third-order valence-electron chi connectivity index (χ3n) is 3.04. The van der Waals surface area contributed by atoms with Crippen LogP contribution in [-0.4, -0.2) is 54.1 Å². The molecule has 104 valence electrons. The van der Waals surface area contributed by atoms with E-state index < -0.39 is 5.97 Å². The molecule has 0 unspecified atom stereocenters. The minimum Gasteiger partial charge on any atom is -0.478 e. The van der Waals surface area contributed by atoms with Gasteiger partial charge in [0.25, 0.3) is 0 Å². The predicted molar refractivity (Wildman–Crippen MR) is 73.5 cm³/mol. The number of urea groups is 1. The second-order valence-corrected chi connectivity index (χ2v) is 4.75. The Hall–Kier alpha value is -2.04. The van der Waals surface area contributed by atoms with E-state index in [1.807, 2.05) is 27.1 Å². The molecule has 1 heterocycles. The fourth-order valence-electron chi connectivity index (χ4n) is 1.84. The molecule has 1 aliphatic heterocycles. The van der Waals surface area contributed by atoms with E-state index in [1.54, 1.807) is 28.9 Å². The zero-order valence-corrected chi connectivity index (χ0v) is 11.8. The lowest BCUT2D eigenvalue weighted by molar-refractivity contribution is 0.0696. The van der Waals surface area contributed by atoms with Crippen LogP contribution >= 0.6 is 0 Å². The summed E-state index contributed by atoms with van der Waals surface area (Å²) in [5.41, 5.74) is 2.29. The molecule has 0 atom stereocenters. The molecule has 1 aromatic rings. The summed E-state index contributed by atoms with van der Waals surface area (Å²) in [6, 6.07) is 5.43. The van der Waals surface area contributed by atoms with Crippen molar-refractivity contribution >= 4 is 12.0 Å². The number of hydrogen-bond acceptors (Lipinski definition) is 2. The van der Waals surface area contributed by atoms with Crippen molar-refractivity contribution in [2.75, 3.05) is 27.2 Å². The number of hydrogen-bond donors (Lipinski definition) is 1. The first-order chi connectivity index (χ1) is 8.82. The highest BCUT2D eigenvalue weighted by Gasteiger charge is 2.20. The van der Waals surface area contributed by atoms with Crippen molar-refractivity contribution in [3.8, 4) is 0 Å². The maximum Gasteiger partial charge on any atom is 0.335 e. The van der Waals surface area contributed by atoms with Crippen molar-refractivity contribution in [2.45, 2.75) is 13.8 Å². The Bertz CT molecular complexity index is 474. The van der Waals surface area contributed by atoms with E-state index >= 15 is 0 Å². The maximum absolute atomic E-state index is 10.8. The molecule has 19 heavy (non-hydrogen) atoms. The summed E-state index contributed by atoms with van der Waals surface area (Å²) >= 11 is 0.